The first-order valence-electron chi connectivity index (χ1n) is 3.15. The molecule has 6 nitrogen and oxygen atoms in total. The molecule has 1 N–H and O–H groups in total. The van der Waals surface area contributed by atoms with Gasteiger partial charge in [0.2, 0.25) is 0 Å². The summed E-state index contributed by atoms with van der Waals surface area (Å²) in [7, 11) is 0. The van der Waals surface area contributed by atoms with Crippen LogP contribution in [0.2, 0.25) is 0 Å². The molecular formula is C6H3LiN4O2. The molecule has 0 atom stereocenters. The van der Waals surface area contributed by atoms with Crippen molar-refractivity contribution in [2.75, 3.05) is 0 Å². The Morgan fingerprint density at radius 1 is 1.46 bits per heavy atom. The minimum atomic E-state index is -1.40. The number of rotatable bonds is 1. The Morgan fingerprint density at radius 2 is 2.23 bits per heavy atom. The molecule has 2 heterocycles. The molecule has 0 radical (unpaired) electrons. The van der Waals surface area contributed by atoms with Crippen molar-refractivity contribution in [3.8, 4) is 0 Å². The molecule has 2 aromatic heterocycles. The number of aromatic amines is 1. The largest absolute Gasteiger partial charge is 1.00 e. The average Bonchev–Trinajstić information content (AvgIpc) is 2.49. The van der Waals surface area contributed by atoms with Crippen LogP contribution in [-0.2, 0) is 0 Å². The van der Waals surface area contributed by atoms with E-state index in [9.17, 15) is 9.90 Å². The number of carboxylic acids is 1. The predicted molar refractivity (Wildman–Crippen MR) is 36.0 cm³/mol. The van der Waals surface area contributed by atoms with E-state index in [0.29, 0.717) is 11.2 Å². The summed E-state index contributed by atoms with van der Waals surface area (Å²) in [5.74, 6) is -1.76. The summed E-state index contributed by atoms with van der Waals surface area (Å²) in [5.41, 5.74) is 0.921. The molecule has 0 aliphatic carbocycles. The molecule has 0 fully saturated rings. The van der Waals surface area contributed by atoms with Gasteiger partial charge in [0.1, 0.15) is 11.5 Å². The van der Waals surface area contributed by atoms with E-state index in [1.54, 1.807) is 0 Å². The van der Waals surface area contributed by atoms with Crippen LogP contribution < -0.4 is 24.0 Å². The third-order valence-electron chi connectivity index (χ3n) is 1.36. The van der Waals surface area contributed by atoms with Crippen molar-refractivity contribution in [1.29, 1.82) is 0 Å². The fourth-order valence-corrected chi connectivity index (χ4v) is 0.834. The summed E-state index contributed by atoms with van der Waals surface area (Å²) in [6.45, 7) is 0. The average molecular weight is 170 g/mol. The van der Waals surface area contributed by atoms with E-state index in [2.05, 4.69) is 19.9 Å². The van der Waals surface area contributed by atoms with Crippen molar-refractivity contribution in [2.45, 2.75) is 0 Å². The zero-order valence-electron chi connectivity index (χ0n) is 6.81. The molecule has 0 unspecified atom stereocenters. The zero-order valence-corrected chi connectivity index (χ0v) is 6.81. The number of H-pyrrole nitrogens is 1. The van der Waals surface area contributed by atoms with E-state index in [-0.39, 0.29) is 24.7 Å². The molecule has 7 heteroatoms. The summed E-state index contributed by atoms with van der Waals surface area (Å²) in [4.78, 5) is 23.9. The minimum Gasteiger partial charge on any atom is -0.542 e. The minimum absolute atomic E-state index is 0. The predicted octanol–water partition coefficient (Wildman–Crippen LogP) is -4.28. The van der Waals surface area contributed by atoms with Crippen LogP contribution in [0.4, 0.5) is 0 Å². The number of imidazole rings is 1. The second-order valence-electron chi connectivity index (χ2n) is 2.12. The van der Waals surface area contributed by atoms with E-state index in [0.717, 1.165) is 0 Å². The number of hydrogen-bond acceptors (Lipinski definition) is 5. The van der Waals surface area contributed by atoms with Crippen LogP contribution >= 0.6 is 0 Å². The van der Waals surface area contributed by atoms with Gasteiger partial charge in [0.15, 0.2) is 11.5 Å². The van der Waals surface area contributed by atoms with Gasteiger partial charge in [0.25, 0.3) is 0 Å². The number of aromatic carboxylic acids is 1. The number of nitrogens with one attached hydrogen (secondary N) is 1. The van der Waals surface area contributed by atoms with E-state index in [1.807, 2.05) is 0 Å². The van der Waals surface area contributed by atoms with E-state index >= 15 is 0 Å². The zero-order chi connectivity index (χ0) is 8.55. The van der Waals surface area contributed by atoms with Crippen LogP contribution in [0, 0.1) is 0 Å². The number of hydrogen-bond donors (Lipinski definition) is 1. The second kappa shape index (κ2) is 3.56. The molecule has 0 saturated heterocycles. The fourth-order valence-electron chi connectivity index (χ4n) is 0.834. The molecule has 0 aromatic carbocycles. The van der Waals surface area contributed by atoms with Gasteiger partial charge in [-0.05, 0) is 0 Å². The van der Waals surface area contributed by atoms with E-state index < -0.39 is 5.97 Å². The smallest absolute Gasteiger partial charge is 0.542 e. The van der Waals surface area contributed by atoms with Crippen molar-refractivity contribution >= 4 is 17.1 Å². The third kappa shape index (κ3) is 1.69. The van der Waals surface area contributed by atoms with Gasteiger partial charge < -0.3 is 14.9 Å². The molecule has 0 spiro atoms. The normalized spacial score (nSPS) is 9.54. The van der Waals surface area contributed by atoms with Gasteiger partial charge >= 0.3 is 18.9 Å². The number of aromatic nitrogens is 4. The topological polar surface area (TPSA) is 94.6 Å². The van der Waals surface area contributed by atoms with Crippen molar-refractivity contribution < 1.29 is 28.8 Å². The molecule has 2 rings (SSSR count). The number of fused-ring (bicyclic) bond motifs is 1. The molecule has 0 aliphatic rings. The van der Waals surface area contributed by atoms with Crippen LogP contribution in [-0.4, -0.2) is 25.9 Å². The first-order chi connectivity index (χ1) is 5.77. The Morgan fingerprint density at radius 3 is 2.92 bits per heavy atom. The van der Waals surface area contributed by atoms with Gasteiger partial charge in [-0.1, -0.05) is 0 Å². The SMILES string of the molecule is O=C([O-])c1ncc2[nH]cnc2n1.[Li+]. The van der Waals surface area contributed by atoms with Gasteiger partial charge in [-0.25, -0.2) is 15.0 Å². The monoisotopic (exact) mass is 170 g/mol. The number of nitrogens with zero attached hydrogens (tertiary/aromatic N) is 3. The van der Waals surface area contributed by atoms with Gasteiger partial charge in [-0.2, -0.15) is 0 Å². The first-order valence-corrected chi connectivity index (χ1v) is 3.15. The fraction of sp³-hybridized carbons (Fsp3) is 0. The van der Waals surface area contributed by atoms with Crippen LogP contribution in [0.3, 0.4) is 0 Å². The standard InChI is InChI=1S/C6H4N4O2.Li/c11-6(12)5-7-1-3-4(10-5)9-2-8-3;/h1-2H,(H,11,12)(H,7,8,9,10);/q;+1/p-1. The maximum absolute atomic E-state index is 10.3. The molecule has 0 bridgehead atoms. The number of carbonyl (C=O) groups excluding carboxylic acids is 1. The Labute approximate surface area is 84.6 Å². The summed E-state index contributed by atoms with van der Waals surface area (Å²) >= 11 is 0. The summed E-state index contributed by atoms with van der Waals surface area (Å²) in [6, 6.07) is 0. The van der Waals surface area contributed by atoms with Crippen molar-refractivity contribution in [3.05, 3.63) is 18.3 Å². The summed E-state index contributed by atoms with van der Waals surface area (Å²) in [6.07, 6.45) is 2.76. The van der Waals surface area contributed by atoms with E-state index in [1.165, 1.54) is 12.5 Å². The number of carboxylic acid groups (broad SMARTS) is 1. The first kappa shape index (κ1) is 9.70. The third-order valence-corrected chi connectivity index (χ3v) is 1.36. The second-order valence-corrected chi connectivity index (χ2v) is 2.12. The molecule has 13 heavy (non-hydrogen) atoms. The van der Waals surface area contributed by atoms with Gasteiger partial charge in [-0.3, -0.25) is 0 Å². The molecular weight excluding hydrogens is 167 g/mol. The maximum Gasteiger partial charge on any atom is 1.00 e. The van der Waals surface area contributed by atoms with Gasteiger partial charge in [0, 0.05) is 0 Å². The van der Waals surface area contributed by atoms with Crippen molar-refractivity contribution in [3.63, 3.8) is 0 Å². The number of carbonyl (C=O) groups is 1. The summed E-state index contributed by atoms with van der Waals surface area (Å²) < 4.78 is 0. The molecule has 60 valence electrons. The van der Waals surface area contributed by atoms with Crippen LogP contribution in [0.1, 0.15) is 10.6 Å². The van der Waals surface area contributed by atoms with Crippen molar-refractivity contribution in [1.82, 2.24) is 19.9 Å². The summed E-state index contributed by atoms with van der Waals surface area (Å²) in [5, 5.41) is 10.3. The molecule has 0 saturated carbocycles. The van der Waals surface area contributed by atoms with Crippen LogP contribution in [0.5, 0.6) is 0 Å². The molecule has 0 aliphatic heterocycles. The van der Waals surface area contributed by atoms with Crippen molar-refractivity contribution in [2.24, 2.45) is 0 Å². The van der Waals surface area contributed by atoms with Gasteiger partial charge in [0.05, 0.1) is 12.5 Å². The van der Waals surface area contributed by atoms with E-state index in [4.69, 9.17) is 0 Å². The van der Waals surface area contributed by atoms with Crippen LogP contribution in [0.25, 0.3) is 11.2 Å². The quantitative estimate of drug-likeness (QED) is 0.437. The molecule has 0 amide bonds. The van der Waals surface area contributed by atoms with Gasteiger partial charge in [-0.15, -0.1) is 0 Å². The maximum atomic E-state index is 10.3. The Kier molecular flexibility index (Phi) is 2.65. The Bertz CT molecular complexity index is 441. The van der Waals surface area contributed by atoms with Crippen LogP contribution in [0.15, 0.2) is 12.5 Å². The molecule has 2 aromatic rings. The Balaban J connectivity index is 0.000000845. The Hall–Kier alpha value is -1.38.